The van der Waals surface area contributed by atoms with Crippen LogP contribution >= 0.6 is 0 Å². The number of nitrogens with one attached hydrogen (secondary N) is 2. The van der Waals surface area contributed by atoms with Crippen molar-refractivity contribution < 1.29 is 18.7 Å². The van der Waals surface area contributed by atoms with E-state index in [-0.39, 0.29) is 18.1 Å². The Morgan fingerprint density at radius 1 is 1.00 bits per heavy atom. The molecule has 0 aliphatic rings. The van der Waals surface area contributed by atoms with Gasteiger partial charge in [0.2, 0.25) is 0 Å². The molecular weight excluding hydrogens is 392 g/mol. The van der Waals surface area contributed by atoms with E-state index in [9.17, 15) is 9.59 Å². The number of rotatable bonds is 9. The predicted molar refractivity (Wildman–Crippen MR) is 119 cm³/mol. The van der Waals surface area contributed by atoms with Gasteiger partial charge in [0.25, 0.3) is 11.8 Å². The Labute approximate surface area is 181 Å². The van der Waals surface area contributed by atoms with E-state index in [2.05, 4.69) is 24.5 Å². The van der Waals surface area contributed by atoms with Crippen LogP contribution < -0.4 is 15.4 Å². The normalized spacial score (nSPS) is 11.3. The quantitative estimate of drug-likeness (QED) is 0.505. The van der Waals surface area contributed by atoms with Gasteiger partial charge in [-0.25, -0.2) is 0 Å². The third-order valence-electron chi connectivity index (χ3n) is 4.31. The predicted octanol–water partition coefficient (Wildman–Crippen LogP) is 4.40. The van der Waals surface area contributed by atoms with Gasteiger partial charge in [0.15, 0.2) is 0 Å². The van der Waals surface area contributed by atoms with Crippen LogP contribution in [0, 0.1) is 5.92 Å². The van der Waals surface area contributed by atoms with E-state index in [4.69, 9.17) is 9.15 Å². The molecule has 31 heavy (non-hydrogen) atoms. The molecule has 0 aliphatic heterocycles. The first-order valence-corrected chi connectivity index (χ1v) is 10.1. The first-order chi connectivity index (χ1) is 15.0. The second kappa shape index (κ2) is 10.8. The zero-order chi connectivity index (χ0) is 22.1. The third kappa shape index (κ3) is 6.89. The summed E-state index contributed by atoms with van der Waals surface area (Å²) in [6.45, 7) is 4.96. The van der Waals surface area contributed by atoms with Crippen molar-refractivity contribution in [2.75, 3.05) is 6.61 Å². The summed E-state index contributed by atoms with van der Waals surface area (Å²) in [5.41, 5.74) is 1.36. The highest BCUT2D eigenvalue weighted by Gasteiger charge is 2.15. The lowest BCUT2D eigenvalue weighted by Crippen LogP contribution is -2.34. The summed E-state index contributed by atoms with van der Waals surface area (Å²) in [6, 6.07) is 19.7. The van der Waals surface area contributed by atoms with Gasteiger partial charge in [-0.2, -0.15) is 0 Å². The molecule has 1 aromatic heterocycles. The topological polar surface area (TPSA) is 80.6 Å². The van der Waals surface area contributed by atoms with Gasteiger partial charge < -0.3 is 19.8 Å². The molecule has 2 N–H and O–H groups in total. The summed E-state index contributed by atoms with van der Waals surface area (Å²) >= 11 is 0. The van der Waals surface area contributed by atoms with Crippen molar-refractivity contribution in [1.29, 1.82) is 0 Å². The van der Waals surface area contributed by atoms with E-state index in [0.717, 1.165) is 5.56 Å². The minimum Gasteiger partial charge on any atom is -0.493 e. The molecule has 160 valence electrons. The van der Waals surface area contributed by atoms with Crippen molar-refractivity contribution in [3.05, 3.63) is 95.6 Å². The van der Waals surface area contributed by atoms with Crippen molar-refractivity contribution in [1.82, 2.24) is 10.6 Å². The average molecular weight is 418 g/mol. The fraction of sp³-hybridized carbons (Fsp3) is 0.200. The molecular formula is C25H26N2O4. The molecule has 0 saturated carbocycles. The lowest BCUT2D eigenvalue weighted by Gasteiger charge is -2.12. The number of amides is 2. The number of carbonyl (C=O) groups excluding carboxylic acids is 2. The molecule has 0 radical (unpaired) electrons. The summed E-state index contributed by atoms with van der Waals surface area (Å²) in [5.74, 6) is 0.932. The minimum absolute atomic E-state index is 0.142. The summed E-state index contributed by atoms with van der Waals surface area (Å²) in [7, 11) is 0. The Balaban J connectivity index is 1.72. The van der Waals surface area contributed by atoms with Crippen LogP contribution in [0.2, 0.25) is 0 Å². The molecule has 6 heteroatoms. The van der Waals surface area contributed by atoms with Crippen LogP contribution in [-0.2, 0) is 11.3 Å². The molecule has 2 aromatic carbocycles. The molecule has 0 unspecified atom stereocenters. The van der Waals surface area contributed by atoms with Crippen LogP contribution in [0.3, 0.4) is 0 Å². The molecule has 0 saturated heterocycles. The molecule has 3 rings (SSSR count). The maximum Gasteiger partial charge on any atom is 0.268 e. The van der Waals surface area contributed by atoms with E-state index in [1.165, 1.54) is 0 Å². The van der Waals surface area contributed by atoms with Crippen LogP contribution in [0.5, 0.6) is 5.75 Å². The Kier molecular flexibility index (Phi) is 7.65. The average Bonchev–Trinajstić information content (AvgIpc) is 3.30. The van der Waals surface area contributed by atoms with Gasteiger partial charge in [0.1, 0.15) is 17.2 Å². The molecule has 0 aliphatic carbocycles. The van der Waals surface area contributed by atoms with Gasteiger partial charge in [-0.05, 0) is 54.0 Å². The summed E-state index contributed by atoms with van der Waals surface area (Å²) < 4.78 is 10.9. The van der Waals surface area contributed by atoms with E-state index >= 15 is 0 Å². The number of hydrogen-bond donors (Lipinski definition) is 2. The van der Waals surface area contributed by atoms with Gasteiger partial charge in [0, 0.05) is 5.56 Å². The van der Waals surface area contributed by atoms with Gasteiger partial charge in [-0.15, -0.1) is 0 Å². The monoisotopic (exact) mass is 418 g/mol. The maximum atomic E-state index is 12.8. The largest absolute Gasteiger partial charge is 0.493 e. The highest BCUT2D eigenvalue weighted by molar-refractivity contribution is 6.05. The first kappa shape index (κ1) is 21.9. The number of ether oxygens (including phenoxy) is 1. The summed E-state index contributed by atoms with van der Waals surface area (Å²) in [4.78, 5) is 25.5. The first-order valence-electron chi connectivity index (χ1n) is 10.1. The standard InChI is InChI=1S/C25H26N2O4/c1-18(2)17-31-21-12-10-20(11-13-21)24(28)27-23(15-19-7-4-3-5-8-19)25(29)26-16-22-9-6-14-30-22/h3-15,18H,16-17H2,1-2H3,(H,26,29)(H,27,28). The zero-order valence-electron chi connectivity index (χ0n) is 17.6. The van der Waals surface area contributed by atoms with Crippen LogP contribution in [0.4, 0.5) is 0 Å². The SMILES string of the molecule is CC(C)COc1ccc(C(=O)NC(=Cc2ccccc2)C(=O)NCc2ccco2)cc1. The molecule has 0 bridgehead atoms. The number of hydrogen-bond acceptors (Lipinski definition) is 4. The molecule has 2 amide bonds. The van der Waals surface area contributed by atoms with Crippen LogP contribution in [0.1, 0.15) is 35.5 Å². The lowest BCUT2D eigenvalue weighted by atomic mass is 10.1. The number of furan rings is 1. The maximum absolute atomic E-state index is 12.8. The Morgan fingerprint density at radius 3 is 2.39 bits per heavy atom. The van der Waals surface area contributed by atoms with Crippen molar-refractivity contribution in [3.8, 4) is 5.75 Å². The van der Waals surface area contributed by atoms with Crippen LogP contribution in [0.15, 0.2) is 83.1 Å². The van der Waals surface area contributed by atoms with Crippen molar-refractivity contribution in [2.45, 2.75) is 20.4 Å². The molecule has 0 atom stereocenters. The number of carbonyl (C=O) groups is 2. The van der Waals surface area contributed by atoms with Crippen molar-refractivity contribution in [2.24, 2.45) is 5.92 Å². The summed E-state index contributed by atoms with van der Waals surface area (Å²) in [5, 5.41) is 5.48. The van der Waals surface area contributed by atoms with E-state index < -0.39 is 5.91 Å². The van der Waals surface area contributed by atoms with Crippen molar-refractivity contribution in [3.63, 3.8) is 0 Å². The number of benzene rings is 2. The van der Waals surface area contributed by atoms with Crippen LogP contribution in [0.25, 0.3) is 6.08 Å². The highest BCUT2D eigenvalue weighted by atomic mass is 16.5. The fourth-order valence-corrected chi connectivity index (χ4v) is 2.71. The van der Waals surface area contributed by atoms with Gasteiger partial charge in [-0.3, -0.25) is 9.59 Å². The third-order valence-corrected chi connectivity index (χ3v) is 4.31. The molecule has 3 aromatic rings. The minimum atomic E-state index is -0.412. The second-order valence-corrected chi connectivity index (χ2v) is 7.41. The molecule has 1 heterocycles. The van der Waals surface area contributed by atoms with Gasteiger partial charge >= 0.3 is 0 Å². The zero-order valence-corrected chi connectivity index (χ0v) is 17.6. The Hall–Kier alpha value is -3.80. The smallest absolute Gasteiger partial charge is 0.268 e. The highest BCUT2D eigenvalue weighted by Crippen LogP contribution is 2.14. The summed E-state index contributed by atoms with van der Waals surface area (Å²) in [6.07, 6.45) is 3.17. The second-order valence-electron chi connectivity index (χ2n) is 7.41. The van der Waals surface area contributed by atoms with E-state index in [1.807, 2.05) is 30.3 Å². The fourth-order valence-electron chi connectivity index (χ4n) is 2.71. The molecule has 6 nitrogen and oxygen atoms in total. The molecule has 0 spiro atoms. The lowest BCUT2D eigenvalue weighted by molar-refractivity contribution is -0.118. The van der Waals surface area contributed by atoms with E-state index in [0.29, 0.717) is 29.6 Å². The molecule has 0 fully saturated rings. The van der Waals surface area contributed by atoms with Crippen LogP contribution in [-0.4, -0.2) is 18.4 Å². The van der Waals surface area contributed by atoms with E-state index in [1.54, 1.807) is 48.7 Å². The Morgan fingerprint density at radius 2 is 1.74 bits per heavy atom. The van der Waals surface area contributed by atoms with Gasteiger partial charge in [-0.1, -0.05) is 44.2 Å². The van der Waals surface area contributed by atoms with Crippen molar-refractivity contribution >= 4 is 17.9 Å². The van der Waals surface area contributed by atoms with Gasteiger partial charge in [0.05, 0.1) is 19.4 Å². The Bertz CT molecular complexity index is 1010.